The fourth-order valence-corrected chi connectivity index (χ4v) is 3.39. The Morgan fingerprint density at radius 1 is 1.39 bits per heavy atom. The molecule has 0 heterocycles. The Hall–Kier alpha value is -0.870. The Morgan fingerprint density at radius 3 is 2.72 bits per heavy atom. The summed E-state index contributed by atoms with van der Waals surface area (Å²) in [5, 5.41) is 3.43. The quantitative estimate of drug-likeness (QED) is 0.854. The van der Waals surface area contributed by atoms with E-state index < -0.39 is 9.84 Å². The summed E-state index contributed by atoms with van der Waals surface area (Å²) >= 11 is 0. The van der Waals surface area contributed by atoms with Crippen LogP contribution < -0.4 is 5.32 Å². The minimum atomic E-state index is -2.87. The summed E-state index contributed by atoms with van der Waals surface area (Å²) in [5.41, 5.74) is 2.79. The van der Waals surface area contributed by atoms with E-state index in [4.69, 9.17) is 0 Å². The third-order valence-electron chi connectivity index (χ3n) is 3.65. The molecule has 0 saturated carbocycles. The van der Waals surface area contributed by atoms with E-state index in [1.54, 1.807) is 0 Å². The van der Waals surface area contributed by atoms with Gasteiger partial charge in [0.05, 0.1) is 5.75 Å². The molecule has 4 heteroatoms. The van der Waals surface area contributed by atoms with Gasteiger partial charge in [0.1, 0.15) is 9.84 Å². The highest BCUT2D eigenvalue weighted by Crippen LogP contribution is 2.38. The molecule has 1 aromatic carbocycles. The van der Waals surface area contributed by atoms with Gasteiger partial charge in [-0.25, -0.2) is 8.42 Å². The van der Waals surface area contributed by atoms with Crippen molar-refractivity contribution in [3.63, 3.8) is 0 Å². The van der Waals surface area contributed by atoms with Crippen molar-refractivity contribution in [2.75, 3.05) is 18.6 Å². The summed E-state index contributed by atoms with van der Waals surface area (Å²) in [6.07, 6.45) is 3.08. The number of hydrogen-bond acceptors (Lipinski definition) is 3. The maximum atomic E-state index is 11.3. The number of benzene rings is 1. The van der Waals surface area contributed by atoms with Gasteiger partial charge in [-0.15, -0.1) is 0 Å². The molecule has 0 aliphatic heterocycles. The lowest BCUT2D eigenvalue weighted by Gasteiger charge is -2.37. The van der Waals surface area contributed by atoms with Gasteiger partial charge in [-0.3, -0.25) is 0 Å². The molecule has 0 amide bonds. The topological polar surface area (TPSA) is 46.2 Å². The molecule has 0 radical (unpaired) electrons. The minimum absolute atomic E-state index is 0.267. The molecule has 1 N–H and O–H groups in total. The van der Waals surface area contributed by atoms with Crippen LogP contribution in [0.25, 0.3) is 0 Å². The second-order valence-electron chi connectivity index (χ2n) is 5.09. The third kappa shape index (κ3) is 3.12. The number of rotatable bonds is 6. The zero-order valence-corrected chi connectivity index (χ0v) is 11.8. The maximum Gasteiger partial charge on any atom is 0.147 e. The van der Waals surface area contributed by atoms with Crippen molar-refractivity contribution in [1.29, 1.82) is 0 Å². The molecule has 2 atom stereocenters. The zero-order valence-electron chi connectivity index (χ0n) is 11.0. The normalized spacial score (nSPS) is 20.0. The molecule has 1 aliphatic rings. The van der Waals surface area contributed by atoms with Crippen molar-refractivity contribution in [1.82, 2.24) is 5.32 Å². The smallest absolute Gasteiger partial charge is 0.147 e. The lowest BCUT2D eigenvalue weighted by Crippen LogP contribution is -2.41. The standard InChI is InChI=1S/C14H21NO2S/c1-3-15-14(8-9-18(2,16)17)13-10-11-6-4-5-7-12(11)13/h4-7,13-15H,3,8-10H2,1-2H3. The summed E-state index contributed by atoms with van der Waals surface area (Å²) in [6.45, 7) is 2.95. The summed E-state index contributed by atoms with van der Waals surface area (Å²) in [7, 11) is -2.87. The predicted octanol–water partition coefficient (Wildman–Crippen LogP) is 1.74. The van der Waals surface area contributed by atoms with Crippen LogP contribution in [-0.4, -0.2) is 33.0 Å². The molecule has 0 aromatic heterocycles. The Kier molecular flexibility index (Phi) is 4.07. The Morgan fingerprint density at radius 2 is 2.11 bits per heavy atom. The second kappa shape index (κ2) is 5.41. The van der Waals surface area contributed by atoms with Gasteiger partial charge in [0.25, 0.3) is 0 Å². The van der Waals surface area contributed by atoms with Gasteiger partial charge in [-0.1, -0.05) is 31.2 Å². The van der Waals surface area contributed by atoms with E-state index in [1.165, 1.54) is 17.4 Å². The van der Waals surface area contributed by atoms with Crippen LogP contribution in [-0.2, 0) is 16.3 Å². The number of fused-ring (bicyclic) bond motifs is 1. The van der Waals surface area contributed by atoms with E-state index >= 15 is 0 Å². The molecular formula is C14H21NO2S. The van der Waals surface area contributed by atoms with E-state index in [1.807, 2.05) is 0 Å². The van der Waals surface area contributed by atoms with Gasteiger partial charge in [0, 0.05) is 18.2 Å². The highest BCUT2D eigenvalue weighted by molar-refractivity contribution is 7.90. The van der Waals surface area contributed by atoms with Gasteiger partial charge in [0.2, 0.25) is 0 Å². The zero-order chi connectivity index (χ0) is 13.2. The van der Waals surface area contributed by atoms with Gasteiger partial charge >= 0.3 is 0 Å². The predicted molar refractivity (Wildman–Crippen MR) is 74.7 cm³/mol. The average molecular weight is 267 g/mol. The molecule has 1 aliphatic carbocycles. The van der Waals surface area contributed by atoms with Gasteiger partial charge in [-0.05, 0) is 30.5 Å². The van der Waals surface area contributed by atoms with E-state index in [2.05, 4.69) is 36.5 Å². The number of nitrogens with one attached hydrogen (secondary N) is 1. The van der Waals surface area contributed by atoms with E-state index in [-0.39, 0.29) is 11.8 Å². The molecule has 3 nitrogen and oxygen atoms in total. The van der Waals surface area contributed by atoms with Crippen LogP contribution in [0.3, 0.4) is 0 Å². The molecule has 0 saturated heterocycles. The Balaban J connectivity index is 2.04. The monoisotopic (exact) mass is 267 g/mol. The lowest BCUT2D eigenvalue weighted by atomic mass is 9.73. The molecule has 2 unspecified atom stereocenters. The Labute approximate surface area is 110 Å². The summed E-state index contributed by atoms with van der Waals surface area (Å²) in [5.74, 6) is 0.742. The summed E-state index contributed by atoms with van der Waals surface area (Å²) in [4.78, 5) is 0. The van der Waals surface area contributed by atoms with Gasteiger partial charge < -0.3 is 5.32 Å². The maximum absolute atomic E-state index is 11.3. The summed E-state index contributed by atoms with van der Waals surface area (Å²) < 4.78 is 22.6. The van der Waals surface area contributed by atoms with Crippen LogP contribution in [0, 0.1) is 0 Å². The lowest BCUT2D eigenvalue weighted by molar-refractivity contribution is 0.397. The first-order valence-electron chi connectivity index (χ1n) is 6.50. The highest BCUT2D eigenvalue weighted by atomic mass is 32.2. The molecule has 18 heavy (non-hydrogen) atoms. The first kappa shape index (κ1) is 13.6. The average Bonchev–Trinajstić information content (AvgIpc) is 2.26. The van der Waals surface area contributed by atoms with Gasteiger partial charge in [-0.2, -0.15) is 0 Å². The second-order valence-corrected chi connectivity index (χ2v) is 7.35. The van der Waals surface area contributed by atoms with E-state index in [0.717, 1.165) is 13.0 Å². The number of likely N-dealkylation sites (N-methyl/N-ethyl adjacent to an activating group) is 1. The molecular weight excluding hydrogens is 246 g/mol. The van der Waals surface area contributed by atoms with Crippen molar-refractivity contribution >= 4 is 9.84 Å². The molecule has 0 fully saturated rings. The van der Waals surface area contributed by atoms with Crippen molar-refractivity contribution in [3.05, 3.63) is 35.4 Å². The Bertz CT molecular complexity index is 510. The third-order valence-corrected chi connectivity index (χ3v) is 4.62. The van der Waals surface area contributed by atoms with Crippen molar-refractivity contribution in [3.8, 4) is 0 Å². The molecule has 100 valence electrons. The van der Waals surface area contributed by atoms with Crippen molar-refractivity contribution in [2.24, 2.45) is 0 Å². The van der Waals surface area contributed by atoms with Crippen LogP contribution in [0.5, 0.6) is 0 Å². The SMILES string of the molecule is CCNC(CCS(C)(=O)=O)C1Cc2ccccc21. The number of hydrogen-bond donors (Lipinski definition) is 1. The fourth-order valence-electron chi connectivity index (χ4n) is 2.71. The minimum Gasteiger partial charge on any atom is -0.314 e. The molecule has 2 rings (SSSR count). The highest BCUT2D eigenvalue weighted by Gasteiger charge is 2.32. The van der Waals surface area contributed by atoms with Crippen LogP contribution in [0.1, 0.15) is 30.4 Å². The summed E-state index contributed by atoms with van der Waals surface area (Å²) in [6, 6.07) is 8.72. The fraction of sp³-hybridized carbons (Fsp3) is 0.571. The first-order valence-corrected chi connectivity index (χ1v) is 8.56. The molecule has 1 aromatic rings. The van der Waals surface area contributed by atoms with Crippen LogP contribution >= 0.6 is 0 Å². The number of sulfone groups is 1. The van der Waals surface area contributed by atoms with Gasteiger partial charge in [0.15, 0.2) is 0 Å². The van der Waals surface area contributed by atoms with E-state index in [9.17, 15) is 8.42 Å². The van der Waals surface area contributed by atoms with Crippen LogP contribution in [0.2, 0.25) is 0 Å². The van der Waals surface area contributed by atoms with Crippen molar-refractivity contribution in [2.45, 2.75) is 31.7 Å². The van der Waals surface area contributed by atoms with E-state index in [0.29, 0.717) is 12.3 Å². The first-order chi connectivity index (χ1) is 8.51. The van der Waals surface area contributed by atoms with Crippen molar-refractivity contribution < 1.29 is 8.42 Å². The van der Waals surface area contributed by atoms with Crippen LogP contribution in [0.4, 0.5) is 0 Å². The van der Waals surface area contributed by atoms with Crippen LogP contribution in [0.15, 0.2) is 24.3 Å². The largest absolute Gasteiger partial charge is 0.314 e. The molecule has 0 spiro atoms. The molecule has 0 bridgehead atoms.